The second-order valence-corrected chi connectivity index (χ2v) is 4.04. The van der Waals surface area contributed by atoms with Crippen LogP contribution in [-0.2, 0) is 23.4 Å². The summed E-state index contributed by atoms with van der Waals surface area (Å²) in [7, 11) is -2.97. The molecule has 0 saturated heterocycles. The zero-order valence-corrected chi connectivity index (χ0v) is 9.80. The highest BCUT2D eigenvalue weighted by atomic mass is 35.5. The van der Waals surface area contributed by atoms with Crippen LogP contribution in [0.4, 0.5) is 0 Å². The highest BCUT2D eigenvalue weighted by Crippen LogP contribution is 2.44. The van der Waals surface area contributed by atoms with Gasteiger partial charge in [0.15, 0.2) is 0 Å². The molecule has 0 rings (SSSR count). The Labute approximate surface area is 91.5 Å². The summed E-state index contributed by atoms with van der Waals surface area (Å²) in [4.78, 5) is 17.7. The molecule has 0 heterocycles. The average molecular weight is 269 g/mol. The molecule has 9 heteroatoms. The van der Waals surface area contributed by atoms with E-state index in [4.69, 9.17) is 28.1 Å². The Morgan fingerprint density at radius 1 is 1.50 bits per heavy atom. The predicted octanol–water partition coefficient (Wildman–Crippen LogP) is 1.50. The third-order valence-electron chi connectivity index (χ3n) is 0.912. The third kappa shape index (κ3) is 6.98. The lowest BCUT2D eigenvalue weighted by Gasteiger charge is -2.16. The van der Waals surface area contributed by atoms with Gasteiger partial charge < -0.3 is 4.89 Å². The van der Waals surface area contributed by atoms with Crippen LogP contribution in [0.25, 0.3) is 0 Å². The van der Waals surface area contributed by atoms with Crippen LogP contribution in [0.5, 0.6) is 0 Å². The maximum atomic E-state index is 11.1. The van der Waals surface area contributed by atoms with Crippen LogP contribution >= 0.6 is 31.0 Å². The fourth-order valence-corrected chi connectivity index (χ4v) is 1.68. The van der Waals surface area contributed by atoms with Crippen molar-refractivity contribution in [3.63, 3.8) is 0 Å². The lowest BCUT2D eigenvalue weighted by molar-refractivity contribution is -0.341. The fraction of sp³-hybridized carbons (Fsp3) is 1.00. The number of phosphoric ester groups is 1. The van der Waals surface area contributed by atoms with Gasteiger partial charge in [0.05, 0.1) is 19.6 Å². The third-order valence-corrected chi connectivity index (χ3v) is 2.33. The molecule has 0 aromatic carbocycles. The summed E-state index contributed by atoms with van der Waals surface area (Å²) in [6.07, 6.45) is -1.17. The van der Waals surface area contributed by atoms with Gasteiger partial charge in [-0.3, -0.25) is 9.05 Å². The molecule has 14 heavy (non-hydrogen) atoms. The highest BCUT2D eigenvalue weighted by Gasteiger charge is 2.27. The van der Waals surface area contributed by atoms with E-state index in [9.17, 15) is 4.57 Å². The quantitative estimate of drug-likeness (QED) is 0.236. The van der Waals surface area contributed by atoms with E-state index in [-0.39, 0.29) is 18.4 Å². The Hall–Kier alpha value is 0.610. The summed E-state index contributed by atoms with van der Waals surface area (Å²) < 4.78 is 20.0. The first kappa shape index (κ1) is 14.6. The first-order valence-corrected chi connectivity index (χ1v) is 6.09. The molecule has 6 nitrogen and oxygen atoms in total. The molecular formula is C5H11Cl2O6P. The topological polar surface area (TPSA) is 74.2 Å². The molecule has 0 aliphatic carbocycles. The van der Waals surface area contributed by atoms with E-state index in [1.165, 1.54) is 7.11 Å². The molecule has 0 spiro atoms. The van der Waals surface area contributed by atoms with E-state index in [1.54, 1.807) is 0 Å². The molecule has 0 aromatic heterocycles. The van der Waals surface area contributed by atoms with Gasteiger partial charge in [-0.05, 0) is 0 Å². The van der Waals surface area contributed by atoms with Gasteiger partial charge >= 0.3 is 7.82 Å². The molecule has 0 aromatic rings. The highest BCUT2D eigenvalue weighted by molar-refractivity contribution is 7.47. The smallest absolute Gasteiger partial charge is 0.302 e. The first-order chi connectivity index (χ1) is 6.55. The lowest BCUT2D eigenvalue weighted by Crippen LogP contribution is -2.18. The number of rotatable bonds is 8. The Morgan fingerprint density at radius 3 is 2.57 bits per heavy atom. The van der Waals surface area contributed by atoms with Crippen molar-refractivity contribution in [2.24, 2.45) is 0 Å². The van der Waals surface area contributed by atoms with Gasteiger partial charge in [-0.15, -0.1) is 23.2 Å². The Balaban J connectivity index is 3.96. The first-order valence-electron chi connectivity index (χ1n) is 3.53. The van der Waals surface area contributed by atoms with Crippen LogP contribution in [0.3, 0.4) is 0 Å². The average Bonchev–Trinajstić information content (AvgIpc) is 2.14. The second-order valence-electron chi connectivity index (χ2n) is 1.94. The van der Waals surface area contributed by atoms with Crippen molar-refractivity contribution in [1.29, 1.82) is 0 Å². The maximum absolute atomic E-state index is 11.1. The number of halogens is 2. The summed E-state index contributed by atoms with van der Waals surface area (Å²) in [5, 5.41) is 0. The largest absolute Gasteiger partial charge is 0.474 e. The summed E-state index contributed by atoms with van der Waals surface area (Å²) in [6.45, 7) is -0.114. The summed E-state index contributed by atoms with van der Waals surface area (Å²) >= 11 is 10.6. The van der Waals surface area contributed by atoms with E-state index >= 15 is 0 Å². The molecule has 2 unspecified atom stereocenters. The number of hydrogen-bond donors (Lipinski definition) is 1. The molecule has 1 N–H and O–H groups in total. The monoisotopic (exact) mass is 268 g/mol. The van der Waals surface area contributed by atoms with Crippen molar-refractivity contribution >= 4 is 31.0 Å². The predicted molar refractivity (Wildman–Crippen MR) is 50.2 cm³/mol. The van der Waals surface area contributed by atoms with E-state index in [0.29, 0.717) is 0 Å². The van der Waals surface area contributed by atoms with Crippen molar-refractivity contribution in [3.8, 4) is 0 Å². The van der Waals surface area contributed by atoms with Gasteiger partial charge in [0, 0.05) is 5.88 Å². The molecule has 0 fully saturated rings. The maximum Gasteiger partial charge on any atom is 0.474 e. The van der Waals surface area contributed by atoms with Gasteiger partial charge in [-0.2, -0.15) is 0 Å². The number of phosphoric acid groups is 1. The van der Waals surface area contributed by atoms with Gasteiger partial charge in [0.25, 0.3) is 0 Å². The molecule has 0 aliphatic rings. The van der Waals surface area contributed by atoms with E-state index in [2.05, 4.69) is 18.8 Å². The Morgan fingerprint density at radius 2 is 2.14 bits per heavy atom. The molecular weight excluding hydrogens is 258 g/mol. The van der Waals surface area contributed by atoms with E-state index in [1.807, 2.05) is 0 Å². The van der Waals surface area contributed by atoms with Crippen molar-refractivity contribution in [2.75, 3.05) is 25.5 Å². The Bertz CT molecular complexity index is 191. The van der Waals surface area contributed by atoms with E-state index in [0.717, 1.165) is 0 Å². The van der Waals surface area contributed by atoms with Crippen LogP contribution in [0.1, 0.15) is 0 Å². The summed E-state index contributed by atoms with van der Waals surface area (Å²) in [5.74, 6) is -0.104. The van der Waals surface area contributed by atoms with Gasteiger partial charge in [0.2, 0.25) is 6.29 Å². The molecule has 0 bridgehead atoms. The van der Waals surface area contributed by atoms with Crippen molar-refractivity contribution in [1.82, 2.24) is 0 Å². The van der Waals surface area contributed by atoms with Crippen LogP contribution in [-0.4, -0.2) is 36.7 Å². The van der Waals surface area contributed by atoms with Gasteiger partial charge in [-0.1, -0.05) is 0 Å². The SMILES string of the molecule is COOC(CCl)OP(=O)(O)OCCCl. The minimum Gasteiger partial charge on any atom is -0.302 e. The number of hydrogen-bond acceptors (Lipinski definition) is 5. The molecule has 0 saturated carbocycles. The van der Waals surface area contributed by atoms with Crippen LogP contribution in [0, 0.1) is 0 Å². The van der Waals surface area contributed by atoms with Crippen molar-refractivity contribution in [3.05, 3.63) is 0 Å². The normalized spacial score (nSPS) is 17.7. The van der Waals surface area contributed by atoms with Gasteiger partial charge in [0.1, 0.15) is 0 Å². The van der Waals surface area contributed by atoms with Crippen LogP contribution < -0.4 is 0 Å². The molecule has 2 atom stereocenters. The van der Waals surface area contributed by atoms with E-state index < -0.39 is 14.1 Å². The molecule has 0 aliphatic heterocycles. The molecule has 0 amide bonds. The standard InChI is InChI=1S/C5H11Cl2O6P/c1-10-12-5(4-7)13-14(8,9)11-3-2-6/h5H,2-4H2,1H3,(H,8,9). The van der Waals surface area contributed by atoms with Crippen molar-refractivity contribution < 1.29 is 28.3 Å². The van der Waals surface area contributed by atoms with Crippen molar-refractivity contribution in [2.45, 2.75) is 6.29 Å². The lowest BCUT2D eigenvalue weighted by atomic mass is 10.8. The minimum absolute atomic E-state index is 0.0740. The van der Waals surface area contributed by atoms with Crippen LogP contribution in [0.15, 0.2) is 0 Å². The number of alkyl halides is 2. The summed E-state index contributed by atoms with van der Waals surface area (Å²) in [5.41, 5.74) is 0. The second kappa shape index (κ2) is 7.84. The fourth-order valence-electron chi connectivity index (χ4n) is 0.508. The van der Waals surface area contributed by atoms with Crippen LogP contribution in [0.2, 0.25) is 0 Å². The zero-order valence-electron chi connectivity index (χ0n) is 7.39. The minimum atomic E-state index is -4.19. The van der Waals surface area contributed by atoms with Gasteiger partial charge in [-0.25, -0.2) is 14.3 Å². The summed E-state index contributed by atoms with van der Waals surface area (Å²) in [6, 6.07) is 0. The zero-order chi connectivity index (χ0) is 11.0. The molecule has 86 valence electrons. The Kier molecular flexibility index (Phi) is 8.19. The molecule has 0 radical (unpaired) electrons.